The van der Waals surface area contributed by atoms with Gasteiger partial charge in [0.05, 0.1) is 12.3 Å². The van der Waals surface area contributed by atoms with Crippen LogP contribution in [-0.2, 0) is 14.3 Å². The Balaban J connectivity index is 1.88. The number of nitrogens with one attached hydrogen (secondary N) is 1. The Morgan fingerprint density at radius 2 is 2.08 bits per heavy atom. The molecule has 1 aromatic carbocycles. The first kappa shape index (κ1) is 19.8. The summed E-state index contributed by atoms with van der Waals surface area (Å²) in [4.78, 5) is 35.3. The molecule has 1 aliphatic heterocycles. The maximum absolute atomic E-state index is 12.2. The number of thioether (sulfide) groups is 1. The van der Waals surface area contributed by atoms with E-state index in [2.05, 4.69) is 10.4 Å². The molecule has 1 heterocycles. The summed E-state index contributed by atoms with van der Waals surface area (Å²) < 4.78 is 5.04. The molecule has 26 heavy (non-hydrogen) atoms. The fourth-order valence-corrected chi connectivity index (χ4v) is 2.91. The molecular formula is C17H22N4O4S. The highest BCUT2D eigenvalue weighted by molar-refractivity contribution is 7.98. The van der Waals surface area contributed by atoms with Crippen molar-refractivity contribution in [2.75, 3.05) is 25.2 Å². The predicted octanol–water partition coefficient (Wildman–Crippen LogP) is 0.956. The molecule has 0 bridgehead atoms. The Labute approximate surface area is 156 Å². The third-order valence-electron chi connectivity index (χ3n) is 3.75. The number of nitrogens with zero attached hydrogens (tertiary/aromatic N) is 2. The van der Waals surface area contributed by atoms with Crippen LogP contribution in [0.5, 0.6) is 0 Å². The van der Waals surface area contributed by atoms with Crippen molar-refractivity contribution in [2.45, 2.75) is 18.9 Å². The molecule has 1 atom stereocenters. The van der Waals surface area contributed by atoms with Gasteiger partial charge in [-0.05, 0) is 24.0 Å². The van der Waals surface area contributed by atoms with Crippen molar-refractivity contribution in [1.82, 2.24) is 10.3 Å². The number of hydrogen-bond acceptors (Lipinski definition) is 6. The molecule has 8 nitrogen and oxygen atoms in total. The summed E-state index contributed by atoms with van der Waals surface area (Å²) in [5, 5.41) is 7.93. The Morgan fingerprint density at radius 3 is 2.73 bits per heavy atom. The Morgan fingerprint density at radius 1 is 1.35 bits per heavy atom. The lowest BCUT2D eigenvalue weighted by atomic mass is 10.1. The van der Waals surface area contributed by atoms with Gasteiger partial charge in [-0.2, -0.15) is 16.9 Å². The Hall–Kier alpha value is -2.55. The van der Waals surface area contributed by atoms with Crippen molar-refractivity contribution >= 4 is 35.4 Å². The lowest BCUT2D eigenvalue weighted by molar-refractivity contribution is -0.153. The van der Waals surface area contributed by atoms with E-state index in [1.165, 1.54) is 16.8 Å². The van der Waals surface area contributed by atoms with Crippen LogP contribution in [0.2, 0.25) is 0 Å². The average molecular weight is 378 g/mol. The molecule has 0 saturated heterocycles. The number of carbonyl (C=O) groups excluding carboxylic acids is 3. The largest absolute Gasteiger partial charge is 0.454 e. The van der Waals surface area contributed by atoms with Crippen molar-refractivity contribution in [3.63, 3.8) is 0 Å². The number of primary amides is 1. The van der Waals surface area contributed by atoms with E-state index in [0.717, 1.165) is 11.3 Å². The van der Waals surface area contributed by atoms with Crippen LogP contribution in [0.3, 0.4) is 0 Å². The molecule has 2 rings (SSSR count). The van der Waals surface area contributed by atoms with E-state index in [1.807, 2.05) is 36.6 Å². The van der Waals surface area contributed by atoms with E-state index in [-0.39, 0.29) is 0 Å². The summed E-state index contributed by atoms with van der Waals surface area (Å²) >= 11 is 1.52. The van der Waals surface area contributed by atoms with Gasteiger partial charge in [0.15, 0.2) is 6.61 Å². The van der Waals surface area contributed by atoms with Crippen molar-refractivity contribution in [3.05, 3.63) is 35.9 Å². The van der Waals surface area contributed by atoms with E-state index in [9.17, 15) is 14.4 Å². The van der Waals surface area contributed by atoms with Gasteiger partial charge < -0.3 is 15.8 Å². The molecule has 9 heteroatoms. The molecule has 1 aliphatic rings. The van der Waals surface area contributed by atoms with Crippen molar-refractivity contribution in [2.24, 2.45) is 10.8 Å². The average Bonchev–Trinajstić information content (AvgIpc) is 3.13. The van der Waals surface area contributed by atoms with E-state index in [0.29, 0.717) is 25.1 Å². The molecule has 0 unspecified atom stereocenters. The number of nitrogens with two attached hydrogens (primary N) is 1. The molecule has 0 aromatic heterocycles. The first-order chi connectivity index (χ1) is 12.5. The molecule has 0 spiro atoms. The number of carbonyl (C=O) groups is 3. The molecule has 0 saturated carbocycles. The fraction of sp³-hybridized carbons (Fsp3) is 0.412. The molecular weight excluding hydrogens is 356 g/mol. The standard InChI is InChI=1S/C17H22N4O4S/c1-26-10-8-14(19-17(18)24)16(23)25-11-15(22)21-9-7-13(20-21)12-5-3-2-4-6-12/h2-6,14H,7-11H2,1H3,(H3,18,19,24)/t14-/m1/s1. The van der Waals surface area contributed by atoms with Crippen LogP contribution in [0.1, 0.15) is 18.4 Å². The van der Waals surface area contributed by atoms with Crippen LogP contribution < -0.4 is 11.1 Å². The molecule has 0 fully saturated rings. The van der Waals surface area contributed by atoms with Crippen molar-refractivity contribution in [1.29, 1.82) is 0 Å². The Kier molecular flexibility index (Phi) is 7.46. The van der Waals surface area contributed by atoms with Gasteiger partial charge in [-0.1, -0.05) is 30.3 Å². The lowest BCUT2D eigenvalue weighted by Gasteiger charge is -2.17. The number of esters is 1. The van der Waals surface area contributed by atoms with Gasteiger partial charge in [-0.25, -0.2) is 14.6 Å². The highest BCUT2D eigenvalue weighted by Gasteiger charge is 2.25. The van der Waals surface area contributed by atoms with Crippen molar-refractivity contribution < 1.29 is 19.1 Å². The summed E-state index contributed by atoms with van der Waals surface area (Å²) in [5.41, 5.74) is 6.85. The smallest absolute Gasteiger partial charge is 0.329 e. The van der Waals surface area contributed by atoms with Gasteiger partial charge in [0.2, 0.25) is 0 Å². The normalized spacial score (nSPS) is 14.5. The van der Waals surface area contributed by atoms with Gasteiger partial charge in [0, 0.05) is 6.42 Å². The third-order valence-corrected chi connectivity index (χ3v) is 4.39. The van der Waals surface area contributed by atoms with E-state index >= 15 is 0 Å². The van der Waals surface area contributed by atoms with Gasteiger partial charge >= 0.3 is 12.0 Å². The minimum absolute atomic E-state index is 0.372. The first-order valence-electron chi connectivity index (χ1n) is 8.16. The lowest BCUT2D eigenvalue weighted by Crippen LogP contribution is -2.45. The molecule has 3 amide bonds. The second-order valence-corrected chi connectivity index (χ2v) is 6.62. The highest BCUT2D eigenvalue weighted by Crippen LogP contribution is 2.14. The van der Waals surface area contributed by atoms with Crippen LogP contribution >= 0.6 is 11.8 Å². The van der Waals surface area contributed by atoms with Gasteiger partial charge in [-0.3, -0.25) is 4.79 Å². The minimum Gasteiger partial charge on any atom is -0.454 e. The molecule has 140 valence electrons. The van der Waals surface area contributed by atoms with Crippen LogP contribution in [0.25, 0.3) is 0 Å². The van der Waals surface area contributed by atoms with E-state index in [1.54, 1.807) is 0 Å². The zero-order valence-corrected chi connectivity index (χ0v) is 15.3. The summed E-state index contributed by atoms with van der Waals surface area (Å²) in [7, 11) is 0. The van der Waals surface area contributed by atoms with Crippen molar-refractivity contribution in [3.8, 4) is 0 Å². The summed E-state index contributed by atoms with van der Waals surface area (Å²) in [6.07, 6.45) is 2.90. The number of hydrazone groups is 1. The molecule has 1 aromatic rings. The minimum atomic E-state index is -0.866. The number of urea groups is 1. The maximum Gasteiger partial charge on any atom is 0.329 e. The SMILES string of the molecule is CSCC[C@@H](NC(N)=O)C(=O)OCC(=O)N1CCC(c2ccccc2)=N1. The monoisotopic (exact) mass is 378 g/mol. The van der Waals surface area contributed by atoms with Gasteiger partial charge in [0.25, 0.3) is 5.91 Å². The summed E-state index contributed by atoms with van der Waals surface area (Å²) in [5.74, 6) is -0.449. The molecule has 0 radical (unpaired) electrons. The second-order valence-electron chi connectivity index (χ2n) is 5.63. The van der Waals surface area contributed by atoms with Crippen LogP contribution in [0.4, 0.5) is 4.79 Å². The van der Waals surface area contributed by atoms with Gasteiger partial charge in [0.1, 0.15) is 6.04 Å². The topological polar surface area (TPSA) is 114 Å². The van der Waals surface area contributed by atoms with Gasteiger partial charge in [-0.15, -0.1) is 0 Å². The highest BCUT2D eigenvalue weighted by atomic mass is 32.2. The predicted molar refractivity (Wildman–Crippen MR) is 99.8 cm³/mol. The third kappa shape index (κ3) is 5.76. The Bertz CT molecular complexity index is 681. The molecule has 3 N–H and O–H groups in total. The second kappa shape index (κ2) is 9.81. The van der Waals surface area contributed by atoms with Crippen LogP contribution in [0.15, 0.2) is 35.4 Å². The number of hydrogen-bond donors (Lipinski definition) is 2. The number of amides is 3. The number of benzene rings is 1. The zero-order chi connectivity index (χ0) is 18.9. The van der Waals surface area contributed by atoms with E-state index < -0.39 is 30.6 Å². The summed E-state index contributed by atoms with van der Waals surface area (Å²) in [6, 6.07) is 7.91. The number of ether oxygens (including phenoxy) is 1. The maximum atomic E-state index is 12.2. The molecule has 0 aliphatic carbocycles. The van der Waals surface area contributed by atoms with E-state index in [4.69, 9.17) is 10.5 Å². The zero-order valence-electron chi connectivity index (χ0n) is 14.5. The number of rotatable bonds is 8. The van der Waals surface area contributed by atoms with Crippen LogP contribution in [0, 0.1) is 0 Å². The first-order valence-corrected chi connectivity index (χ1v) is 9.55. The summed E-state index contributed by atoms with van der Waals surface area (Å²) in [6.45, 7) is 0.0106. The van der Waals surface area contributed by atoms with Crippen LogP contribution in [-0.4, -0.2) is 59.8 Å². The quantitative estimate of drug-likeness (QED) is 0.654. The fourth-order valence-electron chi connectivity index (χ4n) is 2.43.